The molecule has 6 nitrogen and oxygen atoms in total. The average molecular weight is 344 g/mol. The molecule has 0 atom stereocenters. The Morgan fingerprint density at radius 2 is 1.83 bits per heavy atom. The number of benzene rings is 2. The molecule has 2 aromatic rings. The number of hydrazone groups is 1. The van der Waals surface area contributed by atoms with Crippen LogP contribution in [0.4, 0.5) is 4.79 Å². The van der Waals surface area contributed by atoms with E-state index in [1.54, 1.807) is 42.5 Å². The van der Waals surface area contributed by atoms with Gasteiger partial charge in [0, 0.05) is 11.1 Å². The molecule has 0 saturated heterocycles. The molecule has 0 saturated carbocycles. The van der Waals surface area contributed by atoms with Crippen LogP contribution >= 0.6 is 11.6 Å². The molecule has 0 unspecified atom stereocenters. The number of ether oxygens (including phenoxy) is 1. The van der Waals surface area contributed by atoms with Gasteiger partial charge in [-0.15, -0.1) is 0 Å². The second-order valence-electron chi connectivity index (χ2n) is 4.58. The number of carbonyl (C=O) groups excluding carboxylic acids is 2. The van der Waals surface area contributed by atoms with Crippen LogP contribution in [-0.2, 0) is 4.79 Å². The van der Waals surface area contributed by atoms with Gasteiger partial charge in [0.15, 0.2) is 0 Å². The Bertz CT molecular complexity index is 786. The highest BCUT2D eigenvalue weighted by Gasteiger charge is 2.01. The van der Waals surface area contributed by atoms with Crippen molar-refractivity contribution in [3.05, 3.63) is 70.8 Å². The van der Waals surface area contributed by atoms with Crippen LogP contribution in [0.1, 0.15) is 11.1 Å². The van der Waals surface area contributed by atoms with E-state index in [1.165, 1.54) is 12.3 Å². The lowest BCUT2D eigenvalue weighted by Crippen LogP contribution is -2.24. The first kappa shape index (κ1) is 17.2. The van der Waals surface area contributed by atoms with Crippen molar-refractivity contribution in [2.75, 3.05) is 0 Å². The Morgan fingerprint density at radius 3 is 2.50 bits per heavy atom. The fraction of sp³-hybridized carbons (Fsp3) is 0. The van der Waals surface area contributed by atoms with Gasteiger partial charge in [0.2, 0.25) is 0 Å². The number of amides is 2. The summed E-state index contributed by atoms with van der Waals surface area (Å²) in [5, 5.41) is 4.17. The molecular formula is C17H14ClN3O3. The molecule has 0 fully saturated rings. The molecule has 0 aliphatic rings. The van der Waals surface area contributed by atoms with E-state index in [-0.39, 0.29) is 0 Å². The molecular weight excluding hydrogens is 330 g/mol. The van der Waals surface area contributed by atoms with Crippen LogP contribution in [0.3, 0.4) is 0 Å². The van der Waals surface area contributed by atoms with Crippen LogP contribution < -0.4 is 15.9 Å². The smallest absolute Gasteiger partial charge is 0.336 e. The van der Waals surface area contributed by atoms with Crippen molar-refractivity contribution in [2.24, 2.45) is 10.8 Å². The number of hydrogen-bond donors (Lipinski definition) is 2. The fourth-order valence-corrected chi connectivity index (χ4v) is 1.91. The summed E-state index contributed by atoms with van der Waals surface area (Å²) in [7, 11) is 0. The van der Waals surface area contributed by atoms with E-state index < -0.39 is 12.0 Å². The van der Waals surface area contributed by atoms with Gasteiger partial charge in [0.25, 0.3) is 0 Å². The Kier molecular flexibility index (Phi) is 6.10. The zero-order valence-corrected chi connectivity index (χ0v) is 13.2. The standard InChI is InChI=1S/C17H14ClN3O3/c18-15-4-2-1-3-13(15)7-10-16(22)24-14-8-5-12(6-9-14)11-20-21-17(19)23/h1-11H,(H3,19,21,23)/b10-7+,20-11+. The topological polar surface area (TPSA) is 93.8 Å². The quantitative estimate of drug-likeness (QED) is 0.287. The van der Waals surface area contributed by atoms with Crippen LogP contribution in [0.25, 0.3) is 6.08 Å². The molecule has 0 bridgehead atoms. The SMILES string of the molecule is NC(=O)N/N=C/c1ccc(OC(=O)/C=C/c2ccccc2Cl)cc1. The molecule has 122 valence electrons. The van der Waals surface area contributed by atoms with Gasteiger partial charge in [-0.25, -0.2) is 15.0 Å². The number of urea groups is 1. The summed E-state index contributed by atoms with van der Waals surface area (Å²) in [6.45, 7) is 0. The lowest BCUT2D eigenvalue weighted by atomic mass is 10.2. The predicted octanol–water partition coefficient (Wildman–Crippen LogP) is 2.96. The fourth-order valence-electron chi connectivity index (χ4n) is 1.71. The maximum absolute atomic E-state index is 11.8. The number of halogens is 1. The Morgan fingerprint density at radius 1 is 1.12 bits per heavy atom. The number of nitrogens with one attached hydrogen (secondary N) is 1. The van der Waals surface area contributed by atoms with Crippen molar-refractivity contribution < 1.29 is 14.3 Å². The van der Waals surface area contributed by atoms with Crippen molar-refractivity contribution in [2.45, 2.75) is 0 Å². The third-order valence-corrected chi connectivity index (χ3v) is 3.14. The predicted molar refractivity (Wildman–Crippen MR) is 92.9 cm³/mol. The molecule has 24 heavy (non-hydrogen) atoms. The molecule has 0 radical (unpaired) electrons. The molecule has 0 spiro atoms. The summed E-state index contributed by atoms with van der Waals surface area (Å²) in [4.78, 5) is 22.3. The maximum atomic E-state index is 11.8. The highest BCUT2D eigenvalue weighted by molar-refractivity contribution is 6.32. The van der Waals surface area contributed by atoms with E-state index in [2.05, 4.69) is 10.5 Å². The lowest BCUT2D eigenvalue weighted by molar-refractivity contribution is -0.128. The second-order valence-corrected chi connectivity index (χ2v) is 4.99. The summed E-state index contributed by atoms with van der Waals surface area (Å²) in [6, 6.07) is 13.0. The van der Waals surface area contributed by atoms with E-state index >= 15 is 0 Å². The van der Waals surface area contributed by atoms with Crippen LogP contribution in [-0.4, -0.2) is 18.2 Å². The van der Waals surface area contributed by atoms with Crippen LogP contribution in [0.2, 0.25) is 5.02 Å². The largest absolute Gasteiger partial charge is 0.423 e. The highest BCUT2D eigenvalue weighted by atomic mass is 35.5. The normalized spacial score (nSPS) is 10.9. The lowest BCUT2D eigenvalue weighted by Gasteiger charge is -2.02. The number of esters is 1. The number of rotatable bonds is 5. The van der Waals surface area contributed by atoms with Gasteiger partial charge in [-0.3, -0.25) is 0 Å². The molecule has 2 amide bonds. The van der Waals surface area contributed by atoms with E-state index in [1.807, 2.05) is 12.1 Å². The van der Waals surface area contributed by atoms with Crippen molar-refractivity contribution in [3.8, 4) is 5.75 Å². The minimum absolute atomic E-state index is 0.379. The molecule has 2 rings (SSSR count). The van der Waals surface area contributed by atoms with Crippen molar-refractivity contribution >= 4 is 35.9 Å². The minimum atomic E-state index is -0.748. The Balaban J connectivity index is 1.93. The van der Waals surface area contributed by atoms with Crippen LogP contribution in [0, 0.1) is 0 Å². The summed E-state index contributed by atoms with van der Waals surface area (Å²) in [5.74, 6) is -0.143. The first-order valence-electron chi connectivity index (χ1n) is 6.87. The van der Waals surface area contributed by atoms with E-state index in [0.717, 1.165) is 5.56 Å². The van der Waals surface area contributed by atoms with Gasteiger partial charge in [0.1, 0.15) is 5.75 Å². The van der Waals surface area contributed by atoms with Gasteiger partial charge >= 0.3 is 12.0 Å². The van der Waals surface area contributed by atoms with Crippen LogP contribution in [0.5, 0.6) is 5.75 Å². The molecule has 0 aromatic heterocycles. The summed E-state index contributed by atoms with van der Waals surface area (Å²) < 4.78 is 5.17. The number of carbonyl (C=O) groups is 2. The molecule has 0 aliphatic carbocycles. The van der Waals surface area contributed by atoms with E-state index in [9.17, 15) is 9.59 Å². The molecule has 3 N–H and O–H groups in total. The van der Waals surface area contributed by atoms with Crippen molar-refractivity contribution in [1.29, 1.82) is 0 Å². The van der Waals surface area contributed by atoms with Crippen molar-refractivity contribution in [3.63, 3.8) is 0 Å². The maximum Gasteiger partial charge on any atom is 0.336 e. The molecule has 2 aromatic carbocycles. The first-order valence-corrected chi connectivity index (χ1v) is 7.25. The van der Waals surface area contributed by atoms with Gasteiger partial charge in [-0.1, -0.05) is 29.8 Å². The summed E-state index contributed by atoms with van der Waals surface area (Å²) >= 11 is 6.00. The summed E-state index contributed by atoms with van der Waals surface area (Å²) in [6.07, 6.45) is 4.29. The number of primary amides is 1. The van der Waals surface area contributed by atoms with Crippen molar-refractivity contribution in [1.82, 2.24) is 5.43 Å². The summed E-state index contributed by atoms with van der Waals surface area (Å²) in [5.41, 5.74) is 8.39. The third kappa shape index (κ3) is 5.58. The highest BCUT2D eigenvalue weighted by Crippen LogP contribution is 2.17. The van der Waals surface area contributed by atoms with Gasteiger partial charge < -0.3 is 10.5 Å². The van der Waals surface area contributed by atoms with E-state index in [4.69, 9.17) is 22.1 Å². The third-order valence-electron chi connectivity index (χ3n) is 2.79. The van der Waals surface area contributed by atoms with Gasteiger partial charge in [-0.2, -0.15) is 5.10 Å². The first-order chi connectivity index (χ1) is 11.5. The molecule has 7 heteroatoms. The van der Waals surface area contributed by atoms with Gasteiger partial charge in [0.05, 0.1) is 6.21 Å². The Labute approximate surface area is 143 Å². The molecule has 0 aliphatic heterocycles. The zero-order valence-electron chi connectivity index (χ0n) is 12.5. The van der Waals surface area contributed by atoms with E-state index in [0.29, 0.717) is 16.3 Å². The zero-order chi connectivity index (χ0) is 17.4. The number of hydrogen-bond acceptors (Lipinski definition) is 4. The van der Waals surface area contributed by atoms with Gasteiger partial charge in [-0.05, 0) is 47.5 Å². The Hall–Kier alpha value is -3.12. The minimum Gasteiger partial charge on any atom is -0.423 e. The number of nitrogens with zero attached hydrogens (tertiary/aromatic N) is 1. The second kappa shape index (κ2) is 8.50. The molecule has 0 heterocycles. The monoisotopic (exact) mass is 343 g/mol. The average Bonchev–Trinajstić information content (AvgIpc) is 2.55. The van der Waals surface area contributed by atoms with Crippen LogP contribution in [0.15, 0.2) is 59.7 Å². The number of nitrogens with two attached hydrogens (primary N) is 1.